The Kier molecular flexibility index (Phi) is 5.20. The van der Waals surface area contributed by atoms with Gasteiger partial charge in [0.25, 0.3) is 0 Å². The van der Waals surface area contributed by atoms with Gasteiger partial charge in [0.1, 0.15) is 0 Å². The van der Waals surface area contributed by atoms with Gasteiger partial charge in [0.15, 0.2) is 11.5 Å². The molecule has 1 rings (SSSR count). The molecule has 0 spiro atoms. The molecule has 3 N–H and O–H groups in total. The summed E-state index contributed by atoms with van der Waals surface area (Å²) in [4.78, 5) is 2.33. The van der Waals surface area contributed by atoms with Gasteiger partial charge >= 0.3 is 0 Å². The van der Waals surface area contributed by atoms with E-state index in [1.165, 1.54) is 0 Å². The second-order valence-corrected chi connectivity index (χ2v) is 5.64. The lowest BCUT2D eigenvalue weighted by Crippen LogP contribution is -2.46. The second kappa shape index (κ2) is 6.26. The maximum Gasteiger partial charge on any atom is 0.160 e. The third-order valence-corrected chi connectivity index (χ3v) is 3.39. The second-order valence-electron chi connectivity index (χ2n) is 5.64. The van der Waals surface area contributed by atoms with Crippen molar-refractivity contribution in [1.82, 2.24) is 4.90 Å². The number of nitrogens with zero attached hydrogens (tertiary/aromatic N) is 1. The number of hydrogen-bond acceptors (Lipinski definition) is 4. The van der Waals surface area contributed by atoms with Crippen molar-refractivity contribution in [3.05, 3.63) is 23.8 Å². The van der Waals surface area contributed by atoms with E-state index in [4.69, 9.17) is 10.5 Å². The zero-order valence-corrected chi connectivity index (χ0v) is 12.6. The molecule has 19 heavy (non-hydrogen) atoms. The fourth-order valence-electron chi connectivity index (χ4n) is 2.52. The summed E-state index contributed by atoms with van der Waals surface area (Å²) in [6.07, 6.45) is 0. The normalized spacial score (nSPS) is 13.6. The van der Waals surface area contributed by atoms with Crippen LogP contribution >= 0.6 is 0 Å². The average Bonchev–Trinajstić information content (AvgIpc) is 2.34. The number of methoxy groups -OCH3 is 1. The summed E-state index contributed by atoms with van der Waals surface area (Å²) < 4.78 is 5.07. The molecular weight excluding hydrogens is 240 g/mol. The van der Waals surface area contributed by atoms with Crippen LogP contribution in [-0.4, -0.2) is 35.7 Å². The Morgan fingerprint density at radius 2 is 2.00 bits per heavy atom. The van der Waals surface area contributed by atoms with Crippen LogP contribution in [0.15, 0.2) is 18.2 Å². The SMILES string of the molecule is CCN(C(CN)c1ccc(OC)c(O)c1)C(C)(C)C. The van der Waals surface area contributed by atoms with Crippen LogP contribution in [0.4, 0.5) is 0 Å². The van der Waals surface area contributed by atoms with E-state index >= 15 is 0 Å². The van der Waals surface area contributed by atoms with Crippen molar-refractivity contribution >= 4 is 0 Å². The zero-order valence-electron chi connectivity index (χ0n) is 12.6. The third kappa shape index (κ3) is 3.61. The topological polar surface area (TPSA) is 58.7 Å². The lowest BCUT2D eigenvalue weighted by molar-refractivity contribution is 0.0918. The number of phenolic OH excluding ortho intramolecular Hbond substituents is 1. The lowest BCUT2D eigenvalue weighted by atomic mass is 9.97. The van der Waals surface area contributed by atoms with Crippen LogP contribution in [0.3, 0.4) is 0 Å². The van der Waals surface area contributed by atoms with Crippen molar-refractivity contribution in [1.29, 1.82) is 0 Å². The van der Waals surface area contributed by atoms with Gasteiger partial charge in [-0.2, -0.15) is 0 Å². The van der Waals surface area contributed by atoms with Crippen LogP contribution in [0.25, 0.3) is 0 Å². The molecule has 0 radical (unpaired) electrons. The van der Waals surface area contributed by atoms with E-state index in [-0.39, 0.29) is 17.3 Å². The van der Waals surface area contributed by atoms with Gasteiger partial charge in [-0.3, -0.25) is 4.90 Å². The molecule has 0 fully saturated rings. The molecule has 4 nitrogen and oxygen atoms in total. The third-order valence-electron chi connectivity index (χ3n) is 3.39. The van der Waals surface area contributed by atoms with E-state index in [2.05, 4.69) is 32.6 Å². The van der Waals surface area contributed by atoms with Crippen molar-refractivity contribution in [3.63, 3.8) is 0 Å². The average molecular weight is 266 g/mol. The molecule has 0 saturated heterocycles. The number of benzene rings is 1. The molecule has 1 aromatic rings. The number of ether oxygens (including phenoxy) is 1. The maximum absolute atomic E-state index is 9.91. The molecule has 0 heterocycles. The molecule has 1 aromatic carbocycles. The molecule has 1 atom stereocenters. The first kappa shape index (κ1) is 15.8. The van der Waals surface area contributed by atoms with Gasteiger partial charge in [0.05, 0.1) is 7.11 Å². The minimum Gasteiger partial charge on any atom is -0.504 e. The Hall–Kier alpha value is -1.26. The summed E-state index contributed by atoms with van der Waals surface area (Å²) in [5, 5.41) is 9.91. The van der Waals surface area contributed by atoms with Crippen molar-refractivity contribution < 1.29 is 9.84 Å². The summed E-state index contributed by atoms with van der Waals surface area (Å²) in [6.45, 7) is 10.0. The Labute approximate surface area is 116 Å². The number of nitrogens with two attached hydrogens (primary N) is 1. The molecule has 1 unspecified atom stereocenters. The smallest absolute Gasteiger partial charge is 0.160 e. The Morgan fingerprint density at radius 1 is 1.37 bits per heavy atom. The maximum atomic E-state index is 9.91. The van der Waals surface area contributed by atoms with Gasteiger partial charge in [-0.05, 0) is 45.0 Å². The number of hydrogen-bond donors (Lipinski definition) is 2. The van der Waals surface area contributed by atoms with E-state index in [0.29, 0.717) is 12.3 Å². The summed E-state index contributed by atoms with van der Waals surface area (Å²) in [7, 11) is 1.54. The zero-order chi connectivity index (χ0) is 14.6. The first-order chi connectivity index (χ1) is 8.85. The molecule has 4 heteroatoms. The highest BCUT2D eigenvalue weighted by Crippen LogP contribution is 2.33. The van der Waals surface area contributed by atoms with Gasteiger partial charge in [-0.15, -0.1) is 0 Å². The molecule has 0 aliphatic heterocycles. The molecular formula is C15H26N2O2. The highest BCUT2D eigenvalue weighted by molar-refractivity contribution is 5.42. The first-order valence-electron chi connectivity index (χ1n) is 6.68. The molecule has 0 aliphatic carbocycles. The number of rotatable bonds is 5. The van der Waals surface area contributed by atoms with E-state index in [1.54, 1.807) is 19.2 Å². The van der Waals surface area contributed by atoms with Crippen LogP contribution < -0.4 is 10.5 Å². The molecule has 108 valence electrons. The number of likely N-dealkylation sites (N-methyl/N-ethyl adjacent to an activating group) is 1. The molecule has 0 aliphatic rings. The molecule has 0 saturated carbocycles. The largest absolute Gasteiger partial charge is 0.504 e. The summed E-state index contributed by atoms with van der Waals surface area (Å²) in [5.74, 6) is 0.641. The van der Waals surface area contributed by atoms with E-state index in [9.17, 15) is 5.11 Å². The van der Waals surface area contributed by atoms with Gasteiger partial charge in [0.2, 0.25) is 0 Å². The van der Waals surface area contributed by atoms with Crippen LogP contribution in [0.5, 0.6) is 11.5 Å². The predicted octanol–water partition coefficient (Wildman–Crippen LogP) is 2.52. The van der Waals surface area contributed by atoms with Crippen LogP contribution in [0.1, 0.15) is 39.3 Å². The van der Waals surface area contributed by atoms with Crippen molar-refractivity contribution in [3.8, 4) is 11.5 Å². The van der Waals surface area contributed by atoms with Crippen LogP contribution in [-0.2, 0) is 0 Å². The summed E-state index contributed by atoms with van der Waals surface area (Å²) in [6, 6.07) is 5.57. The standard InChI is InChI=1S/C15H26N2O2/c1-6-17(15(2,3)4)12(10-16)11-7-8-14(19-5)13(18)9-11/h7-9,12,18H,6,10,16H2,1-5H3. The van der Waals surface area contributed by atoms with E-state index in [0.717, 1.165) is 12.1 Å². The predicted molar refractivity (Wildman–Crippen MR) is 78.6 cm³/mol. The monoisotopic (exact) mass is 266 g/mol. The van der Waals surface area contributed by atoms with Gasteiger partial charge in [-0.25, -0.2) is 0 Å². The fraction of sp³-hybridized carbons (Fsp3) is 0.600. The van der Waals surface area contributed by atoms with Crippen molar-refractivity contribution in [2.45, 2.75) is 39.3 Å². The highest BCUT2D eigenvalue weighted by Gasteiger charge is 2.28. The number of aromatic hydroxyl groups is 1. The minimum atomic E-state index is 0.0222. The Bertz CT molecular complexity index is 413. The van der Waals surface area contributed by atoms with Gasteiger partial charge in [0, 0.05) is 18.1 Å². The molecule has 0 aromatic heterocycles. The highest BCUT2D eigenvalue weighted by atomic mass is 16.5. The van der Waals surface area contributed by atoms with Crippen molar-refractivity contribution in [2.24, 2.45) is 5.73 Å². The molecule has 0 bridgehead atoms. The first-order valence-corrected chi connectivity index (χ1v) is 6.68. The molecule has 0 amide bonds. The number of phenols is 1. The van der Waals surface area contributed by atoms with E-state index < -0.39 is 0 Å². The lowest BCUT2D eigenvalue weighted by Gasteiger charge is -2.41. The fourth-order valence-corrected chi connectivity index (χ4v) is 2.52. The van der Waals surface area contributed by atoms with Crippen molar-refractivity contribution in [2.75, 3.05) is 20.2 Å². The quantitative estimate of drug-likeness (QED) is 0.860. The van der Waals surface area contributed by atoms with Crippen LogP contribution in [0, 0.1) is 0 Å². The Morgan fingerprint density at radius 3 is 2.37 bits per heavy atom. The summed E-state index contributed by atoms with van der Waals surface area (Å²) in [5.41, 5.74) is 6.98. The van der Waals surface area contributed by atoms with E-state index in [1.807, 2.05) is 6.07 Å². The van der Waals surface area contributed by atoms with Gasteiger partial charge in [-0.1, -0.05) is 13.0 Å². The Balaban J connectivity index is 3.12. The minimum absolute atomic E-state index is 0.0222. The summed E-state index contributed by atoms with van der Waals surface area (Å²) >= 11 is 0. The van der Waals surface area contributed by atoms with Gasteiger partial charge < -0.3 is 15.6 Å². The van der Waals surface area contributed by atoms with Crippen LogP contribution in [0.2, 0.25) is 0 Å².